The van der Waals surface area contributed by atoms with Gasteiger partial charge in [-0.3, -0.25) is 4.79 Å². The second kappa shape index (κ2) is 13.3. The molecule has 0 radical (unpaired) electrons. The van der Waals surface area contributed by atoms with Crippen molar-refractivity contribution >= 4 is 23.5 Å². The summed E-state index contributed by atoms with van der Waals surface area (Å²) in [7, 11) is 0. The third-order valence-electron chi connectivity index (χ3n) is 7.11. The Bertz CT molecular complexity index is 1720. The molecule has 0 aliphatic heterocycles. The summed E-state index contributed by atoms with van der Waals surface area (Å²) in [6.45, 7) is 2.41. The van der Waals surface area contributed by atoms with Gasteiger partial charge in [-0.15, -0.1) is 0 Å². The molecule has 0 saturated heterocycles. The largest absolute Gasteiger partial charge is 0.448 e. The summed E-state index contributed by atoms with van der Waals surface area (Å²) in [5.74, 6) is -1.50. The van der Waals surface area contributed by atoms with Gasteiger partial charge in [0.05, 0.1) is 24.0 Å². The van der Waals surface area contributed by atoms with Crippen LogP contribution in [0.1, 0.15) is 58.7 Å². The lowest BCUT2D eigenvalue weighted by Crippen LogP contribution is -2.25. The van der Waals surface area contributed by atoms with E-state index in [1.807, 2.05) is 30.3 Å². The molecule has 1 saturated carbocycles. The molecule has 1 aliphatic carbocycles. The van der Waals surface area contributed by atoms with E-state index >= 15 is 4.39 Å². The molecule has 1 atom stereocenters. The Balaban J connectivity index is 1.48. The second-order valence-electron chi connectivity index (χ2n) is 10.5. The lowest BCUT2D eigenvalue weighted by atomic mass is 9.97. The van der Waals surface area contributed by atoms with Gasteiger partial charge in [-0.2, -0.15) is 23.3 Å². The van der Waals surface area contributed by atoms with Crippen LogP contribution in [-0.2, 0) is 10.9 Å². The second-order valence-corrected chi connectivity index (χ2v) is 10.5. The number of amidine groups is 1. The highest BCUT2D eigenvalue weighted by Gasteiger charge is 2.36. The van der Waals surface area contributed by atoms with Crippen LogP contribution in [0.3, 0.4) is 0 Å². The Morgan fingerprint density at radius 1 is 1.04 bits per heavy atom. The number of anilines is 1. The zero-order valence-corrected chi connectivity index (χ0v) is 24.1. The Kier molecular flexibility index (Phi) is 9.28. The van der Waals surface area contributed by atoms with E-state index in [4.69, 9.17) is 10.5 Å². The summed E-state index contributed by atoms with van der Waals surface area (Å²) in [6, 6.07) is 19.7. The number of aliphatic imine (C=N–C) groups is 1. The highest BCUT2D eigenvalue weighted by atomic mass is 19.4. The molecule has 1 aromatic heterocycles. The van der Waals surface area contributed by atoms with Crippen LogP contribution in [-0.4, -0.2) is 40.8 Å². The van der Waals surface area contributed by atoms with E-state index in [9.17, 15) is 22.8 Å². The number of rotatable bonds is 10. The highest BCUT2D eigenvalue weighted by molar-refractivity contribution is 6.04. The van der Waals surface area contributed by atoms with E-state index in [-0.39, 0.29) is 35.4 Å². The van der Waals surface area contributed by atoms with Crippen LogP contribution in [0.5, 0.6) is 0 Å². The van der Waals surface area contributed by atoms with E-state index in [2.05, 4.69) is 20.7 Å². The smallest absolute Gasteiger partial charge is 0.435 e. The molecule has 0 spiro atoms. The van der Waals surface area contributed by atoms with E-state index in [0.717, 1.165) is 29.6 Å². The summed E-state index contributed by atoms with van der Waals surface area (Å²) in [5, 5.41) is 9.54. The first kappa shape index (κ1) is 31.4. The minimum atomic E-state index is -4.89. The molecule has 4 aromatic rings. The van der Waals surface area contributed by atoms with E-state index in [1.54, 1.807) is 13.0 Å². The molecule has 1 heterocycles. The number of alkyl halides is 3. The first-order valence-corrected chi connectivity index (χ1v) is 14.2. The molecule has 3 aromatic carbocycles. The molecular weight excluding hydrogens is 592 g/mol. The molecule has 1 fully saturated rings. The lowest BCUT2D eigenvalue weighted by Gasteiger charge is -2.21. The van der Waals surface area contributed by atoms with Crippen molar-refractivity contribution in [3.05, 3.63) is 113 Å². The Hall–Kier alpha value is -5.04. The van der Waals surface area contributed by atoms with Crippen LogP contribution in [0.15, 0.2) is 83.9 Å². The van der Waals surface area contributed by atoms with Crippen LogP contribution in [0.2, 0.25) is 0 Å². The number of benzene rings is 3. The van der Waals surface area contributed by atoms with Crippen molar-refractivity contribution < 1.29 is 31.9 Å². The van der Waals surface area contributed by atoms with Crippen molar-refractivity contribution in [2.75, 3.05) is 18.5 Å². The van der Waals surface area contributed by atoms with Crippen LogP contribution < -0.4 is 16.4 Å². The number of amides is 2. The van der Waals surface area contributed by atoms with Gasteiger partial charge in [-0.05, 0) is 67.6 Å². The summed E-state index contributed by atoms with van der Waals surface area (Å²) in [4.78, 5) is 28.8. The molecule has 9 nitrogen and oxygen atoms in total. The number of halogens is 4. The average Bonchev–Trinajstić information content (AvgIpc) is 3.72. The molecular formula is C32H30F4N6O3. The molecule has 13 heteroatoms. The minimum Gasteiger partial charge on any atom is -0.448 e. The number of carbonyl (C=O) groups excluding carboxylic acids is 2. The van der Waals surface area contributed by atoms with Gasteiger partial charge in [-0.1, -0.05) is 48.5 Å². The monoisotopic (exact) mass is 622 g/mol. The van der Waals surface area contributed by atoms with Gasteiger partial charge in [-0.25, -0.2) is 13.9 Å². The van der Waals surface area contributed by atoms with Gasteiger partial charge in [0, 0.05) is 11.6 Å². The normalized spacial score (nSPS) is 14.2. The van der Waals surface area contributed by atoms with Crippen molar-refractivity contribution in [2.45, 2.75) is 32.0 Å². The van der Waals surface area contributed by atoms with Gasteiger partial charge in [0.15, 0.2) is 5.69 Å². The third kappa shape index (κ3) is 7.73. The van der Waals surface area contributed by atoms with E-state index in [0.29, 0.717) is 17.5 Å². The zero-order valence-electron chi connectivity index (χ0n) is 24.1. The Morgan fingerprint density at radius 2 is 1.80 bits per heavy atom. The summed E-state index contributed by atoms with van der Waals surface area (Å²) in [6.07, 6.45) is -3.58. The number of ether oxygens (including phenoxy) is 1. The molecule has 234 valence electrons. The highest BCUT2D eigenvalue weighted by Crippen LogP contribution is 2.32. The van der Waals surface area contributed by atoms with Crippen LogP contribution in [0, 0.1) is 11.7 Å². The minimum absolute atomic E-state index is 0.0119. The standard InChI is InChI=1S/C32H30F4N6O3/c1-2-45-31(44)40-29(37)22-9-6-10-23(15-22)42-26(17-27(41-42)32(34,35)36)30(43)39-25-16-21(13-14-24(25)33)28(38-18-19-11-12-19)20-7-4-3-5-8-20/h3-10,13-17,19,28,38H,2,11-12,18H2,1H3,(H,39,43)(H2,37,40,44). The van der Waals surface area contributed by atoms with Gasteiger partial charge in [0.1, 0.15) is 17.3 Å². The fourth-order valence-corrected chi connectivity index (χ4v) is 4.68. The van der Waals surface area contributed by atoms with Crippen molar-refractivity contribution in [2.24, 2.45) is 16.6 Å². The summed E-state index contributed by atoms with van der Waals surface area (Å²) >= 11 is 0. The molecule has 0 bridgehead atoms. The first-order valence-electron chi connectivity index (χ1n) is 14.2. The van der Waals surface area contributed by atoms with Crippen LogP contribution in [0.4, 0.5) is 28.0 Å². The van der Waals surface area contributed by atoms with Crippen molar-refractivity contribution in [3.63, 3.8) is 0 Å². The maximum Gasteiger partial charge on any atom is 0.435 e. The predicted molar refractivity (Wildman–Crippen MR) is 160 cm³/mol. The van der Waals surface area contributed by atoms with Gasteiger partial charge in [0.2, 0.25) is 0 Å². The van der Waals surface area contributed by atoms with E-state index < -0.39 is 35.4 Å². The van der Waals surface area contributed by atoms with Crippen molar-refractivity contribution in [1.82, 2.24) is 15.1 Å². The van der Waals surface area contributed by atoms with Crippen LogP contribution in [0.25, 0.3) is 5.69 Å². The fraction of sp³-hybridized carbons (Fsp3) is 0.250. The van der Waals surface area contributed by atoms with Crippen molar-refractivity contribution in [1.29, 1.82) is 0 Å². The number of nitrogens with two attached hydrogens (primary N) is 1. The number of hydrogen-bond donors (Lipinski definition) is 3. The maximum absolute atomic E-state index is 15.1. The summed E-state index contributed by atoms with van der Waals surface area (Å²) < 4.78 is 61.8. The SMILES string of the molecule is CCOC(=O)/N=C(/N)c1cccc(-n2nc(C(F)(F)F)cc2C(=O)Nc2cc(C(NCC3CC3)c3ccccc3)ccc2F)c1. The average molecular weight is 623 g/mol. The zero-order chi connectivity index (χ0) is 32.1. The number of nitrogens with zero attached hydrogens (tertiary/aromatic N) is 3. The van der Waals surface area contributed by atoms with Crippen molar-refractivity contribution in [3.8, 4) is 5.69 Å². The molecule has 1 unspecified atom stereocenters. The van der Waals surface area contributed by atoms with Gasteiger partial charge >= 0.3 is 12.3 Å². The molecule has 5 rings (SSSR count). The summed E-state index contributed by atoms with van der Waals surface area (Å²) in [5.41, 5.74) is 5.60. The molecule has 4 N–H and O–H groups in total. The quantitative estimate of drug-likeness (QED) is 0.109. The number of aromatic nitrogens is 2. The van der Waals surface area contributed by atoms with Gasteiger partial charge < -0.3 is 21.1 Å². The maximum atomic E-state index is 15.1. The topological polar surface area (TPSA) is 124 Å². The number of hydrogen-bond acceptors (Lipinski definition) is 5. The van der Waals surface area contributed by atoms with Crippen LogP contribution >= 0.6 is 0 Å². The Morgan fingerprint density at radius 3 is 2.49 bits per heavy atom. The first-order chi connectivity index (χ1) is 21.5. The van der Waals surface area contributed by atoms with Gasteiger partial charge in [0.25, 0.3) is 5.91 Å². The Labute approximate surface area is 256 Å². The number of carbonyl (C=O) groups is 2. The molecule has 1 aliphatic rings. The fourth-order valence-electron chi connectivity index (χ4n) is 4.68. The number of nitrogens with one attached hydrogen (secondary N) is 2. The van der Waals surface area contributed by atoms with E-state index in [1.165, 1.54) is 36.4 Å². The molecule has 45 heavy (non-hydrogen) atoms. The lowest BCUT2D eigenvalue weighted by molar-refractivity contribution is -0.141. The predicted octanol–water partition coefficient (Wildman–Crippen LogP) is 6.23. The molecule has 2 amide bonds. The third-order valence-corrected chi connectivity index (χ3v) is 7.11.